The highest BCUT2D eigenvalue weighted by Crippen LogP contribution is 2.33. The molecule has 21 heavy (non-hydrogen) atoms. The van der Waals surface area contributed by atoms with Gasteiger partial charge in [-0.3, -0.25) is 0 Å². The maximum Gasteiger partial charge on any atom is 0.149 e. The van der Waals surface area contributed by atoms with Gasteiger partial charge in [0.15, 0.2) is 0 Å². The second-order valence-corrected chi connectivity index (χ2v) is 6.54. The van der Waals surface area contributed by atoms with Crippen molar-refractivity contribution in [1.29, 1.82) is 0 Å². The van der Waals surface area contributed by atoms with Crippen molar-refractivity contribution in [3.63, 3.8) is 0 Å². The number of aromatic nitrogens is 1. The Morgan fingerprint density at radius 1 is 1.24 bits per heavy atom. The minimum Gasteiger partial charge on any atom is -0.369 e. The number of hydrogen-bond acceptors (Lipinski definition) is 3. The summed E-state index contributed by atoms with van der Waals surface area (Å²) in [6.07, 6.45) is 6.36. The standard InChI is InChI=1S/C16H25Cl2N3/c1-3-6-12-7-5-9-21(10-8-12)16-14(18)11-13(17)15(20-16)19-4-2/h11-12H,3-10H2,1-2H3,(H,19,20). The molecule has 0 spiro atoms. The molecule has 1 aromatic rings. The number of nitrogens with one attached hydrogen (secondary N) is 1. The van der Waals surface area contributed by atoms with Crippen LogP contribution in [0.4, 0.5) is 11.6 Å². The van der Waals surface area contributed by atoms with Crippen LogP contribution in [0.15, 0.2) is 6.07 Å². The van der Waals surface area contributed by atoms with Crippen LogP contribution in [0.3, 0.4) is 0 Å². The monoisotopic (exact) mass is 329 g/mol. The normalized spacial score (nSPS) is 19.4. The van der Waals surface area contributed by atoms with E-state index in [9.17, 15) is 0 Å². The molecule has 0 radical (unpaired) electrons. The van der Waals surface area contributed by atoms with Gasteiger partial charge in [0.25, 0.3) is 0 Å². The third-order valence-electron chi connectivity index (χ3n) is 4.10. The Morgan fingerprint density at radius 3 is 2.76 bits per heavy atom. The van der Waals surface area contributed by atoms with Crippen LogP contribution < -0.4 is 10.2 Å². The highest BCUT2D eigenvalue weighted by molar-refractivity contribution is 6.37. The molecule has 1 aromatic heterocycles. The smallest absolute Gasteiger partial charge is 0.149 e. The van der Waals surface area contributed by atoms with E-state index in [0.717, 1.165) is 37.2 Å². The second-order valence-electron chi connectivity index (χ2n) is 5.73. The molecule has 1 N–H and O–H groups in total. The summed E-state index contributed by atoms with van der Waals surface area (Å²) in [4.78, 5) is 6.96. The number of pyridine rings is 1. The lowest BCUT2D eigenvalue weighted by molar-refractivity contribution is 0.435. The van der Waals surface area contributed by atoms with E-state index in [-0.39, 0.29) is 0 Å². The summed E-state index contributed by atoms with van der Waals surface area (Å²) < 4.78 is 0. The first-order valence-electron chi connectivity index (χ1n) is 8.00. The van der Waals surface area contributed by atoms with Crippen molar-refractivity contribution in [2.45, 2.75) is 46.0 Å². The zero-order valence-electron chi connectivity index (χ0n) is 13.0. The summed E-state index contributed by atoms with van der Waals surface area (Å²) in [7, 11) is 0. The molecule has 1 aliphatic heterocycles. The molecule has 0 aliphatic carbocycles. The second kappa shape index (κ2) is 8.09. The highest BCUT2D eigenvalue weighted by atomic mass is 35.5. The van der Waals surface area contributed by atoms with Crippen molar-refractivity contribution < 1.29 is 0 Å². The van der Waals surface area contributed by atoms with Gasteiger partial charge in [0.1, 0.15) is 11.6 Å². The molecule has 1 saturated heterocycles. The molecular weight excluding hydrogens is 305 g/mol. The lowest BCUT2D eigenvalue weighted by Crippen LogP contribution is -2.26. The van der Waals surface area contributed by atoms with Crippen molar-refractivity contribution in [2.24, 2.45) is 5.92 Å². The van der Waals surface area contributed by atoms with Crippen LogP contribution in [-0.2, 0) is 0 Å². The van der Waals surface area contributed by atoms with Gasteiger partial charge in [-0.1, -0.05) is 43.0 Å². The van der Waals surface area contributed by atoms with E-state index >= 15 is 0 Å². The summed E-state index contributed by atoms with van der Waals surface area (Å²) in [5, 5.41) is 4.43. The molecule has 0 amide bonds. The molecule has 3 nitrogen and oxygen atoms in total. The minimum absolute atomic E-state index is 0.587. The summed E-state index contributed by atoms with van der Waals surface area (Å²) in [6, 6.07) is 1.80. The lowest BCUT2D eigenvalue weighted by Gasteiger charge is -2.24. The van der Waals surface area contributed by atoms with Gasteiger partial charge in [0.05, 0.1) is 10.0 Å². The van der Waals surface area contributed by atoms with Crippen molar-refractivity contribution in [1.82, 2.24) is 4.98 Å². The quantitative estimate of drug-likeness (QED) is 0.801. The van der Waals surface area contributed by atoms with Gasteiger partial charge in [0.2, 0.25) is 0 Å². The predicted octanol–water partition coefficient (Wildman–Crippen LogP) is 5.23. The predicted molar refractivity (Wildman–Crippen MR) is 92.9 cm³/mol. The van der Waals surface area contributed by atoms with E-state index in [0.29, 0.717) is 10.0 Å². The van der Waals surface area contributed by atoms with Gasteiger partial charge < -0.3 is 10.2 Å². The third kappa shape index (κ3) is 4.40. The average Bonchev–Trinajstić information content (AvgIpc) is 2.68. The van der Waals surface area contributed by atoms with Crippen molar-refractivity contribution in [3.8, 4) is 0 Å². The SMILES string of the molecule is CCCC1CCCN(c2nc(NCC)c(Cl)cc2Cl)CC1. The van der Waals surface area contributed by atoms with Crippen molar-refractivity contribution in [2.75, 3.05) is 29.9 Å². The summed E-state index contributed by atoms with van der Waals surface area (Å²) in [5.41, 5.74) is 0. The number of anilines is 2. The fourth-order valence-electron chi connectivity index (χ4n) is 3.04. The van der Waals surface area contributed by atoms with E-state index in [4.69, 9.17) is 23.2 Å². The van der Waals surface area contributed by atoms with Crippen molar-refractivity contribution in [3.05, 3.63) is 16.1 Å². The molecular formula is C16H25Cl2N3. The van der Waals surface area contributed by atoms with Gasteiger partial charge in [0, 0.05) is 19.6 Å². The largest absolute Gasteiger partial charge is 0.369 e. The number of halogens is 2. The molecule has 118 valence electrons. The van der Waals surface area contributed by atoms with Gasteiger partial charge >= 0.3 is 0 Å². The third-order valence-corrected chi connectivity index (χ3v) is 4.67. The van der Waals surface area contributed by atoms with E-state index in [2.05, 4.69) is 22.1 Å². The zero-order valence-corrected chi connectivity index (χ0v) is 14.5. The Kier molecular flexibility index (Phi) is 6.43. The molecule has 1 unspecified atom stereocenters. The van der Waals surface area contributed by atoms with Crippen LogP contribution in [0.25, 0.3) is 0 Å². The fourth-order valence-corrected chi connectivity index (χ4v) is 3.59. The average molecular weight is 330 g/mol. The van der Waals surface area contributed by atoms with Gasteiger partial charge in [-0.15, -0.1) is 0 Å². The summed E-state index contributed by atoms with van der Waals surface area (Å²) in [5.74, 6) is 2.45. The van der Waals surface area contributed by atoms with Gasteiger partial charge in [-0.05, 0) is 38.2 Å². The molecule has 1 atom stereocenters. The maximum atomic E-state index is 6.37. The first-order chi connectivity index (χ1) is 10.2. The molecule has 2 rings (SSSR count). The lowest BCUT2D eigenvalue weighted by atomic mass is 9.96. The van der Waals surface area contributed by atoms with Crippen molar-refractivity contribution >= 4 is 34.8 Å². The van der Waals surface area contributed by atoms with Gasteiger partial charge in [-0.25, -0.2) is 4.98 Å². The molecule has 0 aromatic carbocycles. The highest BCUT2D eigenvalue weighted by Gasteiger charge is 2.20. The van der Waals surface area contributed by atoms with Gasteiger partial charge in [-0.2, -0.15) is 0 Å². The maximum absolute atomic E-state index is 6.37. The van der Waals surface area contributed by atoms with Crippen LogP contribution in [0.2, 0.25) is 10.0 Å². The van der Waals surface area contributed by atoms with Crippen LogP contribution in [0, 0.1) is 5.92 Å². The van der Waals surface area contributed by atoms with Crippen LogP contribution >= 0.6 is 23.2 Å². The molecule has 2 heterocycles. The number of rotatable bonds is 5. The fraction of sp³-hybridized carbons (Fsp3) is 0.688. The first-order valence-corrected chi connectivity index (χ1v) is 8.76. The molecule has 0 saturated carbocycles. The summed E-state index contributed by atoms with van der Waals surface area (Å²) >= 11 is 12.6. The van der Waals surface area contributed by atoms with E-state index < -0.39 is 0 Å². The first kappa shape index (κ1) is 16.7. The number of nitrogens with zero attached hydrogens (tertiary/aromatic N) is 2. The van der Waals surface area contributed by atoms with E-state index in [1.54, 1.807) is 6.07 Å². The van der Waals surface area contributed by atoms with Crippen LogP contribution in [-0.4, -0.2) is 24.6 Å². The molecule has 1 fully saturated rings. The number of hydrogen-bond donors (Lipinski definition) is 1. The molecule has 0 bridgehead atoms. The van der Waals surface area contributed by atoms with Crippen LogP contribution in [0.1, 0.15) is 46.0 Å². The Bertz CT molecular complexity index is 465. The summed E-state index contributed by atoms with van der Waals surface area (Å²) in [6.45, 7) is 7.16. The zero-order chi connectivity index (χ0) is 15.2. The Hall–Kier alpha value is -0.670. The molecule has 1 aliphatic rings. The topological polar surface area (TPSA) is 28.2 Å². The Labute approximate surface area is 138 Å². The molecule has 5 heteroatoms. The Balaban J connectivity index is 2.15. The van der Waals surface area contributed by atoms with E-state index in [1.807, 2.05) is 6.92 Å². The Morgan fingerprint density at radius 2 is 2.05 bits per heavy atom. The minimum atomic E-state index is 0.587. The van der Waals surface area contributed by atoms with E-state index in [1.165, 1.54) is 32.1 Å². The van der Waals surface area contributed by atoms with Crippen LogP contribution in [0.5, 0.6) is 0 Å².